The molecule has 1 saturated heterocycles. The SMILES string of the molecule is CN=C(NCCOCCS(C)(=O)=O)NCC(CC(C)C)N1CCOCC1. The minimum Gasteiger partial charge on any atom is -0.379 e. The maximum absolute atomic E-state index is 11.0. The Morgan fingerprint density at radius 2 is 1.92 bits per heavy atom. The van der Waals surface area contributed by atoms with Crippen molar-refractivity contribution in [1.82, 2.24) is 15.5 Å². The molecular weight excluding hydrogens is 356 g/mol. The van der Waals surface area contributed by atoms with Crippen molar-refractivity contribution in [2.45, 2.75) is 26.3 Å². The maximum atomic E-state index is 11.0. The van der Waals surface area contributed by atoms with E-state index >= 15 is 0 Å². The van der Waals surface area contributed by atoms with Crippen LogP contribution < -0.4 is 10.6 Å². The van der Waals surface area contributed by atoms with Crippen LogP contribution in [-0.4, -0.2) is 97.0 Å². The fraction of sp³-hybridized carbons (Fsp3) is 0.941. The molecule has 1 aliphatic heterocycles. The van der Waals surface area contributed by atoms with E-state index in [4.69, 9.17) is 9.47 Å². The zero-order chi connectivity index (χ0) is 19.4. The Bertz CT molecular complexity index is 505. The summed E-state index contributed by atoms with van der Waals surface area (Å²) < 4.78 is 32.9. The molecule has 0 bridgehead atoms. The molecule has 0 aromatic carbocycles. The summed E-state index contributed by atoms with van der Waals surface area (Å²) in [6, 6.07) is 0.448. The van der Waals surface area contributed by atoms with E-state index in [9.17, 15) is 8.42 Å². The highest BCUT2D eigenvalue weighted by atomic mass is 32.2. The van der Waals surface area contributed by atoms with Crippen LogP contribution in [0.5, 0.6) is 0 Å². The number of nitrogens with zero attached hydrogens (tertiary/aromatic N) is 2. The minimum atomic E-state index is -2.97. The van der Waals surface area contributed by atoms with E-state index in [2.05, 4.69) is 34.4 Å². The number of ether oxygens (including phenoxy) is 2. The Balaban J connectivity index is 2.30. The van der Waals surface area contributed by atoms with Gasteiger partial charge in [0, 0.05) is 45.5 Å². The third-order valence-corrected chi connectivity index (χ3v) is 5.08. The second-order valence-electron chi connectivity index (χ2n) is 7.05. The van der Waals surface area contributed by atoms with Crippen molar-refractivity contribution in [3.8, 4) is 0 Å². The average Bonchev–Trinajstić information content (AvgIpc) is 2.58. The van der Waals surface area contributed by atoms with Gasteiger partial charge in [-0.1, -0.05) is 13.8 Å². The monoisotopic (exact) mass is 392 g/mol. The summed E-state index contributed by atoms with van der Waals surface area (Å²) in [4.78, 5) is 6.73. The normalized spacial score (nSPS) is 18.1. The average molecular weight is 393 g/mol. The molecular formula is C17H36N4O4S. The smallest absolute Gasteiger partial charge is 0.191 e. The number of hydrogen-bond donors (Lipinski definition) is 2. The Morgan fingerprint density at radius 1 is 1.23 bits per heavy atom. The van der Waals surface area contributed by atoms with Crippen molar-refractivity contribution < 1.29 is 17.9 Å². The molecule has 1 rings (SSSR count). The lowest BCUT2D eigenvalue weighted by Gasteiger charge is -2.35. The first-order chi connectivity index (χ1) is 12.3. The zero-order valence-corrected chi connectivity index (χ0v) is 17.5. The van der Waals surface area contributed by atoms with Gasteiger partial charge < -0.3 is 20.1 Å². The molecule has 1 unspecified atom stereocenters. The molecule has 9 heteroatoms. The Morgan fingerprint density at radius 3 is 2.50 bits per heavy atom. The molecule has 8 nitrogen and oxygen atoms in total. The first-order valence-corrected chi connectivity index (χ1v) is 11.4. The van der Waals surface area contributed by atoms with Gasteiger partial charge in [0.15, 0.2) is 5.96 Å². The molecule has 0 aromatic rings. The third-order valence-electron chi connectivity index (χ3n) is 4.17. The summed E-state index contributed by atoms with van der Waals surface area (Å²) in [5, 5.41) is 6.59. The number of sulfone groups is 1. The minimum absolute atomic E-state index is 0.0520. The summed E-state index contributed by atoms with van der Waals surface area (Å²) in [5.41, 5.74) is 0. The van der Waals surface area contributed by atoms with Crippen molar-refractivity contribution in [2.24, 2.45) is 10.9 Å². The molecule has 1 aliphatic rings. The number of aliphatic imine (C=N–C) groups is 1. The fourth-order valence-electron chi connectivity index (χ4n) is 2.84. The highest BCUT2D eigenvalue weighted by Gasteiger charge is 2.22. The van der Waals surface area contributed by atoms with Crippen LogP contribution in [-0.2, 0) is 19.3 Å². The lowest BCUT2D eigenvalue weighted by atomic mass is 10.0. The van der Waals surface area contributed by atoms with Crippen LogP contribution in [0.2, 0.25) is 0 Å². The predicted molar refractivity (Wildman–Crippen MR) is 106 cm³/mol. The highest BCUT2D eigenvalue weighted by molar-refractivity contribution is 7.90. The fourth-order valence-corrected chi connectivity index (χ4v) is 3.26. The van der Waals surface area contributed by atoms with Gasteiger partial charge in [-0.25, -0.2) is 8.42 Å². The molecule has 1 atom stereocenters. The summed E-state index contributed by atoms with van der Waals surface area (Å²) in [7, 11) is -1.22. The van der Waals surface area contributed by atoms with Crippen molar-refractivity contribution >= 4 is 15.8 Å². The summed E-state index contributed by atoms with van der Waals surface area (Å²) in [6.45, 7) is 10.1. The maximum Gasteiger partial charge on any atom is 0.191 e. The van der Waals surface area contributed by atoms with Crippen molar-refractivity contribution in [2.75, 3.05) is 71.7 Å². The predicted octanol–water partition coefficient (Wildman–Crippen LogP) is -0.0405. The molecule has 0 aromatic heterocycles. The second kappa shape index (κ2) is 12.5. The second-order valence-corrected chi connectivity index (χ2v) is 9.31. The topological polar surface area (TPSA) is 92.3 Å². The van der Waals surface area contributed by atoms with Gasteiger partial charge in [-0.2, -0.15) is 0 Å². The molecule has 26 heavy (non-hydrogen) atoms. The van der Waals surface area contributed by atoms with E-state index in [0.29, 0.717) is 25.1 Å². The van der Waals surface area contributed by atoms with E-state index in [1.165, 1.54) is 6.26 Å². The molecule has 0 amide bonds. The van der Waals surface area contributed by atoms with Crippen LogP contribution in [0.1, 0.15) is 20.3 Å². The molecule has 1 heterocycles. The van der Waals surface area contributed by atoms with Gasteiger partial charge in [0.25, 0.3) is 0 Å². The van der Waals surface area contributed by atoms with Crippen LogP contribution in [0.4, 0.5) is 0 Å². The number of rotatable bonds is 11. The van der Waals surface area contributed by atoms with Crippen LogP contribution in [0.3, 0.4) is 0 Å². The Kier molecular flexibility index (Phi) is 11.1. The van der Waals surface area contributed by atoms with Gasteiger partial charge in [-0.3, -0.25) is 9.89 Å². The number of nitrogens with one attached hydrogen (secondary N) is 2. The lowest BCUT2D eigenvalue weighted by Crippen LogP contribution is -2.51. The molecule has 0 spiro atoms. The summed E-state index contributed by atoms with van der Waals surface area (Å²) in [5.74, 6) is 1.41. The van der Waals surface area contributed by atoms with E-state index in [1.807, 2.05) is 0 Å². The third kappa shape index (κ3) is 10.9. The van der Waals surface area contributed by atoms with Crippen molar-refractivity contribution in [3.63, 3.8) is 0 Å². The van der Waals surface area contributed by atoms with Gasteiger partial charge in [0.05, 0.1) is 32.2 Å². The van der Waals surface area contributed by atoms with Gasteiger partial charge in [0.2, 0.25) is 0 Å². The van der Waals surface area contributed by atoms with Crippen molar-refractivity contribution in [1.29, 1.82) is 0 Å². The molecule has 0 saturated carbocycles. The summed E-state index contributed by atoms with van der Waals surface area (Å²) in [6.07, 6.45) is 2.33. The lowest BCUT2D eigenvalue weighted by molar-refractivity contribution is 0.0132. The quantitative estimate of drug-likeness (QED) is 0.290. The highest BCUT2D eigenvalue weighted by Crippen LogP contribution is 2.12. The molecule has 0 aliphatic carbocycles. The summed E-state index contributed by atoms with van der Waals surface area (Å²) >= 11 is 0. The van der Waals surface area contributed by atoms with E-state index in [-0.39, 0.29) is 12.4 Å². The Labute approximate surface area is 158 Å². The molecule has 1 fully saturated rings. The van der Waals surface area contributed by atoms with Crippen LogP contribution in [0.15, 0.2) is 4.99 Å². The molecule has 2 N–H and O–H groups in total. The Hall–Kier alpha value is -0.900. The van der Waals surface area contributed by atoms with Gasteiger partial charge in [-0.15, -0.1) is 0 Å². The van der Waals surface area contributed by atoms with E-state index in [1.54, 1.807) is 7.05 Å². The van der Waals surface area contributed by atoms with E-state index in [0.717, 1.165) is 45.2 Å². The van der Waals surface area contributed by atoms with Crippen molar-refractivity contribution in [3.05, 3.63) is 0 Å². The van der Waals surface area contributed by atoms with Gasteiger partial charge >= 0.3 is 0 Å². The number of guanidine groups is 1. The number of hydrogen-bond acceptors (Lipinski definition) is 6. The molecule has 0 radical (unpaired) electrons. The zero-order valence-electron chi connectivity index (χ0n) is 16.7. The first-order valence-electron chi connectivity index (χ1n) is 9.33. The molecule has 154 valence electrons. The van der Waals surface area contributed by atoms with Gasteiger partial charge in [0.1, 0.15) is 9.84 Å². The first kappa shape index (κ1) is 23.1. The van der Waals surface area contributed by atoms with E-state index < -0.39 is 9.84 Å². The van der Waals surface area contributed by atoms with Crippen LogP contribution in [0.25, 0.3) is 0 Å². The standard InChI is InChI=1S/C17H36N4O4S/c1-15(2)13-16(21-6-9-25-10-7-21)14-20-17(18-3)19-5-8-24-11-12-26(4,22)23/h15-16H,5-14H2,1-4H3,(H2,18,19,20). The van der Waals surface area contributed by atoms with Crippen LogP contribution in [0, 0.1) is 5.92 Å². The largest absolute Gasteiger partial charge is 0.379 e. The van der Waals surface area contributed by atoms with Crippen LogP contribution >= 0.6 is 0 Å². The number of morpholine rings is 1. The van der Waals surface area contributed by atoms with Gasteiger partial charge in [-0.05, 0) is 12.3 Å².